The van der Waals surface area contributed by atoms with Crippen LogP contribution in [0.2, 0.25) is 0 Å². The SMILES string of the molecule is Brc1cncc(C2CCc3cncn32)c1. The van der Waals surface area contributed by atoms with Crippen molar-refractivity contribution in [2.45, 2.75) is 18.9 Å². The molecule has 3 nitrogen and oxygen atoms in total. The molecule has 4 heteroatoms. The van der Waals surface area contributed by atoms with E-state index in [-0.39, 0.29) is 0 Å². The number of aromatic nitrogens is 3. The van der Waals surface area contributed by atoms with Gasteiger partial charge in [0.1, 0.15) is 0 Å². The number of rotatable bonds is 1. The molecule has 0 amide bonds. The van der Waals surface area contributed by atoms with Gasteiger partial charge < -0.3 is 4.57 Å². The summed E-state index contributed by atoms with van der Waals surface area (Å²) in [5.74, 6) is 0. The van der Waals surface area contributed by atoms with Crippen molar-refractivity contribution in [3.63, 3.8) is 0 Å². The number of hydrogen-bond donors (Lipinski definition) is 0. The number of halogens is 1. The summed E-state index contributed by atoms with van der Waals surface area (Å²) in [5.41, 5.74) is 2.57. The summed E-state index contributed by atoms with van der Waals surface area (Å²) in [7, 11) is 0. The van der Waals surface area contributed by atoms with Gasteiger partial charge in [-0.05, 0) is 40.4 Å². The molecule has 0 spiro atoms. The minimum absolute atomic E-state index is 0.410. The van der Waals surface area contributed by atoms with Gasteiger partial charge in [-0.15, -0.1) is 0 Å². The molecule has 0 radical (unpaired) electrons. The highest BCUT2D eigenvalue weighted by Gasteiger charge is 2.23. The van der Waals surface area contributed by atoms with Gasteiger partial charge in [0, 0.05) is 28.8 Å². The summed E-state index contributed by atoms with van der Waals surface area (Å²) in [5, 5.41) is 0. The predicted molar refractivity (Wildman–Crippen MR) is 60.6 cm³/mol. The van der Waals surface area contributed by atoms with Crippen LogP contribution in [0.15, 0.2) is 35.5 Å². The van der Waals surface area contributed by atoms with E-state index in [2.05, 4.69) is 36.5 Å². The van der Waals surface area contributed by atoms with Gasteiger partial charge in [-0.25, -0.2) is 4.98 Å². The van der Waals surface area contributed by atoms with Crippen LogP contribution >= 0.6 is 15.9 Å². The van der Waals surface area contributed by atoms with E-state index in [0.29, 0.717) is 6.04 Å². The first kappa shape index (κ1) is 9.09. The van der Waals surface area contributed by atoms with Crippen LogP contribution in [0.1, 0.15) is 23.7 Å². The van der Waals surface area contributed by atoms with Gasteiger partial charge in [0.15, 0.2) is 0 Å². The first-order chi connectivity index (χ1) is 7.34. The third-order valence-corrected chi connectivity index (χ3v) is 3.30. The van der Waals surface area contributed by atoms with Crippen molar-refractivity contribution in [2.24, 2.45) is 0 Å². The van der Waals surface area contributed by atoms with Crippen LogP contribution in [-0.2, 0) is 6.42 Å². The quantitative estimate of drug-likeness (QED) is 0.792. The van der Waals surface area contributed by atoms with E-state index in [9.17, 15) is 0 Å². The van der Waals surface area contributed by atoms with E-state index in [1.165, 1.54) is 11.3 Å². The average molecular weight is 264 g/mol. The Hall–Kier alpha value is -1.16. The molecule has 3 heterocycles. The zero-order valence-electron chi connectivity index (χ0n) is 8.10. The number of pyridine rings is 1. The Morgan fingerprint density at radius 2 is 2.20 bits per heavy atom. The highest BCUT2D eigenvalue weighted by atomic mass is 79.9. The van der Waals surface area contributed by atoms with Crippen molar-refractivity contribution in [2.75, 3.05) is 0 Å². The summed E-state index contributed by atoms with van der Waals surface area (Å²) < 4.78 is 3.28. The molecule has 15 heavy (non-hydrogen) atoms. The Labute approximate surface area is 96.3 Å². The summed E-state index contributed by atoms with van der Waals surface area (Å²) in [6.45, 7) is 0. The van der Waals surface area contributed by atoms with Crippen molar-refractivity contribution in [3.05, 3.63) is 46.7 Å². The van der Waals surface area contributed by atoms with Gasteiger partial charge in [0.25, 0.3) is 0 Å². The fraction of sp³-hybridized carbons (Fsp3) is 0.273. The first-order valence-corrected chi connectivity index (χ1v) is 5.75. The van der Waals surface area contributed by atoms with Gasteiger partial charge in [-0.1, -0.05) is 0 Å². The van der Waals surface area contributed by atoms with Crippen LogP contribution < -0.4 is 0 Å². The topological polar surface area (TPSA) is 30.7 Å². The standard InChI is InChI=1S/C11H10BrN3/c12-9-3-8(4-13-5-9)11-2-1-10-6-14-7-15(10)11/h3-7,11H,1-2H2. The van der Waals surface area contributed by atoms with Crippen molar-refractivity contribution in [1.29, 1.82) is 0 Å². The van der Waals surface area contributed by atoms with E-state index in [1.54, 1.807) is 0 Å². The molecule has 0 saturated carbocycles. The lowest BCUT2D eigenvalue weighted by Gasteiger charge is -2.12. The zero-order valence-corrected chi connectivity index (χ0v) is 9.68. The predicted octanol–water partition coefficient (Wildman–Crippen LogP) is 2.58. The van der Waals surface area contributed by atoms with Gasteiger partial charge in [-0.3, -0.25) is 4.98 Å². The van der Waals surface area contributed by atoms with E-state index in [4.69, 9.17) is 0 Å². The lowest BCUT2D eigenvalue weighted by Crippen LogP contribution is -2.04. The summed E-state index contributed by atoms with van der Waals surface area (Å²) in [6, 6.07) is 2.54. The first-order valence-electron chi connectivity index (χ1n) is 4.96. The molecular weight excluding hydrogens is 254 g/mol. The second kappa shape index (κ2) is 3.45. The molecule has 0 bridgehead atoms. The normalized spacial score (nSPS) is 19.1. The Kier molecular flexibility index (Phi) is 2.09. The van der Waals surface area contributed by atoms with Gasteiger partial charge in [0.05, 0.1) is 12.4 Å². The molecule has 76 valence electrons. The second-order valence-electron chi connectivity index (χ2n) is 3.78. The number of imidazole rings is 1. The van der Waals surface area contributed by atoms with E-state index >= 15 is 0 Å². The highest BCUT2D eigenvalue weighted by Crippen LogP contribution is 2.31. The number of nitrogens with zero attached hydrogens (tertiary/aromatic N) is 3. The van der Waals surface area contributed by atoms with Crippen LogP contribution in [0.5, 0.6) is 0 Å². The highest BCUT2D eigenvalue weighted by molar-refractivity contribution is 9.10. The van der Waals surface area contributed by atoms with Gasteiger partial charge in [0.2, 0.25) is 0 Å². The summed E-state index contributed by atoms with van der Waals surface area (Å²) in [6.07, 6.45) is 9.87. The second-order valence-corrected chi connectivity index (χ2v) is 4.70. The van der Waals surface area contributed by atoms with Crippen LogP contribution in [-0.4, -0.2) is 14.5 Å². The van der Waals surface area contributed by atoms with Crippen molar-refractivity contribution in [3.8, 4) is 0 Å². The molecule has 1 unspecified atom stereocenters. The summed E-state index contributed by atoms with van der Waals surface area (Å²) >= 11 is 3.45. The molecule has 0 aromatic carbocycles. The molecule has 1 atom stereocenters. The third-order valence-electron chi connectivity index (χ3n) is 2.87. The van der Waals surface area contributed by atoms with Crippen LogP contribution in [0.4, 0.5) is 0 Å². The maximum atomic E-state index is 4.21. The fourth-order valence-electron chi connectivity index (χ4n) is 2.17. The van der Waals surface area contributed by atoms with Gasteiger partial charge in [-0.2, -0.15) is 0 Å². The Bertz CT molecular complexity index is 492. The number of fused-ring (bicyclic) bond motifs is 1. The van der Waals surface area contributed by atoms with E-state index in [0.717, 1.165) is 17.3 Å². The molecule has 2 aromatic heterocycles. The minimum Gasteiger partial charge on any atom is -0.327 e. The molecular formula is C11H10BrN3. The summed E-state index contributed by atoms with van der Waals surface area (Å²) in [4.78, 5) is 8.38. The van der Waals surface area contributed by atoms with Crippen molar-refractivity contribution >= 4 is 15.9 Å². The molecule has 0 fully saturated rings. The van der Waals surface area contributed by atoms with Gasteiger partial charge >= 0.3 is 0 Å². The molecule has 2 aromatic rings. The Balaban J connectivity index is 2.03. The average Bonchev–Trinajstić information content (AvgIpc) is 2.77. The minimum atomic E-state index is 0.410. The zero-order chi connectivity index (χ0) is 10.3. The monoisotopic (exact) mass is 263 g/mol. The number of hydrogen-bond acceptors (Lipinski definition) is 2. The van der Waals surface area contributed by atoms with E-state index in [1.807, 2.05) is 24.9 Å². The lowest BCUT2D eigenvalue weighted by molar-refractivity contribution is 0.613. The molecule has 0 aliphatic carbocycles. The Morgan fingerprint density at radius 1 is 1.27 bits per heavy atom. The Morgan fingerprint density at radius 3 is 3.07 bits per heavy atom. The fourth-order valence-corrected chi connectivity index (χ4v) is 2.55. The van der Waals surface area contributed by atoms with Crippen LogP contribution in [0.3, 0.4) is 0 Å². The van der Waals surface area contributed by atoms with Crippen LogP contribution in [0, 0.1) is 0 Å². The third kappa shape index (κ3) is 1.49. The maximum Gasteiger partial charge on any atom is 0.0953 e. The molecule has 1 aliphatic rings. The molecule has 0 N–H and O–H groups in total. The molecule has 0 saturated heterocycles. The molecule has 3 rings (SSSR count). The van der Waals surface area contributed by atoms with Crippen molar-refractivity contribution < 1.29 is 0 Å². The number of aryl methyl sites for hydroxylation is 1. The smallest absolute Gasteiger partial charge is 0.0953 e. The van der Waals surface area contributed by atoms with Crippen LogP contribution in [0.25, 0.3) is 0 Å². The van der Waals surface area contributed by atoms with Crippen molar-refractivity contribution in [1.82, 2.24) is 14.5 Å². The lowest BCUT2D eigenvalue weighted by atomic mass is 10.1. The van der Waals surface area contributed by atoms with E-state index < -0.39 is 0 Å². The largest absolute Gasteiger partial charge is 0.327 e. The molecule has 1 aliphatic heterocycles. The maximum absolute atomic E-state index is 4.21.